The minimum Gasteiger partial charge on any atom is -0.378 e. The third-order valence-corrected chi connectivity index (χ3v) is 7.34. The number of benzene rings is 4. The molecule has 1 unspecified atom stereocenters. The quantitative estimate of drug-likeness (QED) is 0.270. The number of carbonyl (C=O) groups is 4. The van der Waals surface area contributed by atoms with Crippen LogP contribution in [0.5, 0.6) is 0 Å². The highest BCUT2D eigenvalue weighted by Gasteiger charge is 2.39. The molecular formula is C33H29ClN4O4. The predicted molar refractivity (Wildman–Crippen MR) is 164 cm³/mol. The molecule has 0 bridgehead atoms. The molecule has 5 rings (SSSR count). The standard InChI is InChI=1S/C33H29ClN4O4/c1-36(2)26-18-16-25(17-19-26)35-32(41)30(23-12-14-24(34)15-13-23)38(20-22-8-4-3-5-9-22)29(39)21-37-28-11-7-6-10-27(28)31(40)33(37)42/h3-19,30H,20-21H2,1-2H3,(H,35,41). The summed E-state index contributed by atoms with van der Waals surface area (Å²) in [6, 6.07) is 28.8. The molecule has 0 aliphatic carbocycles. The van der Waals surface area contributed by atoms with Crippen molar-refractivity contribution in [3.8, 4) is 0 Å². The molecular weight excluding hydrogens is 552 g/mol. The summed E-state index contributed by atoms with van der Waals surface area (Å²) in [5.74, 6) is -2.39. The molecule has 8 nitrogen and oxygen atoms in total. The van der Waals surface area contributed by atoms with Crippen LogP contribution in [0.25, 0.3) is 0 Å². The summed E-state index contributed by atoms with van der Waals surface area (Å²) in [4.78, 5) is 58.2. The van der Waals surface area contributed by atoms with Crippen LogP contribution >= 0.6 is 11.6 Å². The fourth-order valence-electron chi connectivity index (χ4n) is 4.91. The highest BCUT2D eigenvalue weighted by molar-refractivity contribution is 6.52. The third-order valence-electron chi connectivity index (χ3n) is 7.09. The summed E-state index contributed by atoms with van der Waals surface area (Å²) < 4.78 is 0. The van der Waals surface area contributed by atoms with Gasteiger partial charge in [0.1, 0.15) is 12.6 Å². The Kier molecular flexibility index (Phi) is 8.36. The second-order valence-electron chi connectivity index (χ2n) is 10.1. The number of rotatable bonds is 9. The molecule has 42 heavy (non-hydrogen) atoms. The first kappa shape index (κ1) is 28.6. The van der Waals surface area contributed by atoms with Crippen molar-refractivity contribution >= 4 is 52.2 Å². The van der Waals surface area contributed by atoms with Crippen molar-refractivity contribution < 1.29 is 19.2 Å². The maximum absolute atomic E-state index is 14.1. The minimum absolute atomic E-state index is 0.0809. The van der Waals surface area contributed by atoms with E-state index >= 15 is 0 Å². The lowest BCUT2D eigenvalue weighted by molar-refractivity contribution is -0.139. The second-order valence-corrected chi connectivity index (χ2v) is 10.6. The van der Waals surface area contributed by atoms with Gasteiger partial charge in [-0.05, 0) is 59.7 Å². The van der Waals surface area contributed by atoms with Crippen LogP contribution < -0.4 is 15.1 Å². The van der Waals surface area contributed by atoms with Crippen LogP contribution in [0.4, 0.5) is 17.1 Å². The van der Waals surface area contributed by atoms with Gasteiger partial charge in [0.15, 0.2) is 0 Å². The predicted octanol–water partition coefficient (Wildman–Crippen LogP) is 5.34. The molecule has 1 N–H and O–H groups in total. The number of fused-ring (bicyclic) bond motifs is 1. The first-order valence-corrected chi connectivity index (χ1v) is 13.7. The maximum Gasteiger partial charge on any atom is 0.299 e. The van der Waals surface area contributed by atoms with E-state index in [2.05, 4.69) is 5.32 Å². The first-order valence-electron chi connectivity index (χ1n) is 13.4. The Bertz CT molecular complexity index is 1620. The van der Waals surface area contributed by atoms with E-state index in [0.717, 1.165) is 11.3 Å². The Balaban J connectivity index is 1.52. The SMILES string of the molecule is CN(C)c1ccc(NC(=O)C(c2ccc(Cl)cc2)N(Cc2ccccc2)C(=O)CN2C(=O)C(=O)c3ccccc32)cc1. The Labute approximate surface area is 249 Å². The maximum atomic E-state index is 14.1. The van der Waals surface area contributed by atoms with Gasteiger partial charge in [0.2, 0.25) is 5.91 Å². The van der Waals surface area contributed by atoms with E-state index in [4.69, 9.17) is 11.6 Å². The van der Waals surface area contributed by atoms with Gasteiger partial charge in [-0.2, -0.15) is 0 Å². The summed E-state index contributed by atoms with van der Waals surface area (Å²) >= 11 is 6.17. The Hall–Kier alpha value is -4.95. The number of para-hydroxylation sites is 1. The monoisotopic (exact) mass is 580 g/mol. The van der Waals surface area contributed by atoms with Gasteiger partial charge in [0.05, 0.1) is 11.3 Å². The zero-order chi connectivity index (χ0) is 29.8. The van der Waals surface area contributed by atoms with E-state index in [1.807, 2.05) is 61.5 Å². The summed E-state index contributed by atoms with van der Waals surface area (Å²) in [5.41, 5.74) is 3.47. The fraction of sp³-hybridized carbons (Fsp3) is 0.152. The molecule has 212 valence electrons. The Morgan fingerprint density at radius 2 is 1.48 bits per heavy atom. The molecule has 0 aromatic heterocycles. The largest absolute Gasteiger partial charge is 0.378 e. The van der Waals surface area contributed by atoms with E-state index in [0.29, 0.717) is 22.0 Å². The van der Waals surface area contributed by atoms with Gasteiger partial charge in [0, 0.05) is 37.0 Å². The van der Waals surface area contributed by atoms with Crippen LogP contribution in [0.15, 0.2) is 103 Å². The van der Waals surface area contributed by atoms with Crippen LogP contribution in [-0.2, 0) is 20.9 Å². The molecule has 4 aromatic carbocycles. The third kappa shape index (κ3) is 6.04. The molecule has 0 spiro atoms. The van der Waals surface area contributed by atoms with E-state index in [9.17, 15) is 19.2 Å². The van der Waals surface area contributed by atoms with Crippen molar-refractivity contribution in [3.05, 3.63) is 125 Å². The van der Waals surface area contributed by atoms with E-state index < -0.39 is 36.1 Å². The van der Waals surface area contributed by atoms with Gasteiger partial charge in [-0.25, -0.2) is 0 Å². The number of hydrogen-bond acceptors (Lipinski definition) is 5. The molecule has 0 saturated heterocycles. The Morgan fingerprint density at radius 1 is 0.833 bits per heavy atom. The van der Waals surface area contributed by atoms with Crippen LogP contribution in [0.2, 0.25) is 5.02 Å². The molecule has 4 aromatic rings. The van der Waals surface area contributed by atoms with Gasteiger partial charge in [-0.1, -0.05) is 66.2 Å². The summed E-state index contributed by atoms with van der Waals surface area (Å²) in [6.07, 6.45) is 0. The van der Waals surface area contributed by atoms with Gasteiger partial charge in [-0.3, -0.25) is 24.1 Å². The topological polar surface area (TPSA) is 90.0 Å². The highest BCUT2D eigenvalue weighted by Crippen LogP contribution is 2.31. The summed E-state index contributed by atoms with van der Waals surface area (Å²) in [6.45, 7) is -0.332. The van der Waals surface area contributed by atoms with Crippen LogP contribution in [0.3, 0.4) is 0 Å². The molecule has 1 aliphatic rings. The second kappa shape index (κ2) is 12.3. The lowest BCUT2D eigenvalue weighted by Crippen LogP contribution is -2.46. The number of carbonyl (C=O) groups excluding carboxylic acids is 4. The summed E-state index contributed by atoms with van der Waals surface area (Å²) in [5, 5.41) is 3.43. The number of amides is 3. The number of halogens is 1. The number of nitrogens with zero attached hydrogens (tertiary/aromatic N) is 3. The van der Waals surface area contributed by atoms with Crippen molar-refractivity contribution in [2.24, 2.45) is 0 Å². The summed E-state index contributed by atoms with van der Waals surface area (Å²) in [7, 11) is 3.85. The zero-order valence-electron chi connectivity index (χ0n) is 23.2. The van der Waals surface area contributed by atoms with Crippen molar-refractivity contribution in [1.82, 2.24) is 4.90 Å². The molecule has 1 aliphatic heterocycles. The van der Waals surface area contributed by atoms with Crippen molar-refractivity contribution in [2.45, 2.75) is 12.6 Å². The molecule has 1 heterocycles. The van der Waals surface area contributed by atoms with E-state index in [-0.39, 0.29) is 12.1 Å². The number of hydrogen-bond donors (Lipinski definition) is 1. The number of nitrogens with one attached hydrogen (secondary N) is 1. The van der Waals surface area contributed by atoms with Crippen LogP contribution in [-0.4, -0.2) is 49.0 Å². The van der Waals surface area contributed by atoms with Crippen molar-refractivity contribution in [1.29, 1.82) is 0 Å². The number of ketones is 1. The molecule has 0 saturated carbocycles. The van der Waals surface area contributed by atoms with Gasteiger partial charge in [-0.15, -0.1) is 0 Å². The van der Waals surface area contributed by atoms with Gasteiger partial charge in [0.25, 0.3) is 17.6 Å². The first-order chi connectivity index (χ1) is 20.2. The fourth-order valence-corrected chi connectivity index (χ4v) is 5.03. The minimum atomic E-state index is -1.08. The zero-order valence-corrected chi connectivity index (χ0v) is 23.9. The Morgan fingerprint density at radius 3 is 2.14 bits per heavy atom. The molecule has 1 atom stereocenters. The number of anilines is 3. The average molecular weight is 581 g/mol. The lowest BCUT2D eigenvalue weighted by atomic mass is 10.0. The van der Waals surface area contributed by atoms with Crippen LogP contribution in [0.1, 0.15) is 27.5 Å². The van der Waals surface area contributed by atoms with E-state index in [1.54, 1.807) is 60.7 Å². The number of Topliss-reactive ketones (excluding diaryl/α,β-unsaturated/α-hetero) is 1. The molecule has 0 fully saturated rings. The van der Waals surface area contributed by atoms with E-state index in [1.165, 1.54) is 9.80 Å². The average Bonchev–Trinajstić information content (AvgIpc) is 3.23. The lowest BCUT2D eigenvalue weighted by Gasteiger charge is -2.33. The smallest absolute Gasteiger partial charge is 0.299 e. The van der Waals surface area contributed by atoms with Gasteiger partial charge >= 0.3 is 0 Å². The van der Waals surface area contributed by atoms with Crippen molar-refractivity contribution in [2.75, 3.05) is 35.8 Å². The van der Waals surface area contributed by atoms with Crippen molar-refractivity contribution in [3.63, 3.8) is 0 Å². The molecule has 3 amide bonds. The highest BCUT2D eigenvalue weighted by atomic mass is 35.5. The molecule has 9 heteroatoms. The normalized spacial score (nSPS) is 13.0. The van der Waals surface area contributed by atoms with Crippen LogP contribution in [0, 0.1) is 0 Å². The molecule has 0 radical (unpaired) electrons. The van der Waals surface area contributed by atoms with Gasteiger partial charge < -0.3 is 15.1 Å².